The SMILES string of the molecule is CCC(CC)(CC)CCCCCCCC(O)O. The van der Waals surface area contributed by atoms with E-state index in [0.717, 1.165) is 12.8 Å². The van der Waals surface area contributed by atoms with Crippen molar-refractivity contribution in [1.82, 2.24) is 0 Å². The van der Waals surface area contributed by atoms with E-state index in [4.69, 9.17) is 10.2 Å². The van der Waals surface area contributed by atoms with Crippen molar-refractivity contribution in [3.63, 3.8) is 0 Å². The molecule has 0 aliphatic heterocycles. The Morgan fingerprint density at radius 3 is 1.71 bits per heavy atom. The summed E-state index contributed by atoms with van der Waals surface area (Å²) in [6.45, 7) is 6.95. The second-order valence-electron chi connectivity index (χ2n) is 5.35. The monoisotopic (exact) mass is 244 g/mol. The van der Waals surface area contributed by atoms with Gasteiger partial charge in [-0.05, 0) is 24.7 Å². The Morgan fingerprint density at radius 2 is 1.24 bits per heavy atom. The van der Waals surface area contributed by atoms with Gasteiger partial charge in [0.2, 0.25) is 0 Å². The Balaban J connectivity index is 3.49. The van der Waals surface area contributed by atoms with Crippen molar-refractivity contribution in [1.29, 1.82) is 0 Å². The molecule has 0 rings (SSSR count). The van der Waals surface area contributed by atoms with Gasteiger partial charge in [0.25, 0.3) is 0 Å². The largest absolute Gasteiger partial charge is 0.368 e. The predicted molar refractivity (Wildman–Crippen MR) is 73.9 cm³/mol. The molecule has 0 heterocycles. The highest BCUT2D eigenvalue weighted by Gasteiger charge is 2.22. The highest BCUT2D eigenvalue weighted by molar-refractivity contribution is 4.74. The van der Waals surface area contributed by atoms with E-state index in [9.17, 15) is 0 Å². The summed E-state index contributed by atoms with van der Waals surface area (Å²) in [4.78, 5) is 0. The number of rotatable bonds is 11. The van der Waals surface area contributed by atoms with E-state index in [-0.39, 0.29) is 0 Å². The van der Waals surface area contributed by atoms with Crippen LogP contribution in [0.1, 0.15) is 85.0 Å². The summed E-state index contributed by atoms with van der Waals surface area (Å²) < 4.78 is 0. The van der Waals surface area contributed by atoms with Crippen LogP contribution in [0.4, 0.5) is 0 Å². The third-order valence-electron chi connectivity index (χ3n) is 4.42. The first-order chi connectivity index (χ1) is 8.10. The smallest absolute Gasteiger partial charge is 0.151 e. The Hall–Kier alpha value is -0.0800. The van der Waals surface area contributed by atoms with Gasteiger partial charge in [-0.1, -0.05) is 65.7 Å². The Kier molecular flexibility index (Phi) is 9.85. The lowest BCUT2D eigenvalue weighted by Crippen LogP contribution is -2.17. The standard InChI is InChI=1S/C15H32O2/c1-4-15(5-2,6-3)13-11-9-7-8-10-12-14(16)17/h14,16-17H,4-13H2,1-3H3. The number of hydrogen-bond acceptors (Lipinski definition) is 2. The fraction of sp³-hybridized carbons (Fsp3) is 1.00. The molecule has 2 nitrogen and oxygen atoms in total. The van der Waals surface area contributed by atoms with Crippen LogP contribution in [-0.2, 0) is 0 Å². The zero-order chi connectivity index (χ0) is 13.1. The van der Waals surface area contributed by atoms with E-state index in [2.05, 4.69) is 20.8 Å². The summed E-state index contributed by atoms with van der Waals surface area (Å²) in [6, 6.07) is 0. The van der Waals surface area contributed by atoms with Gasteiger partial charge in [0, 0.05) is 0 Å². The molecule has 2 N–H and O–H groups in total. The number of aliphatic hydroxyl groups excluding tert-OH is 1. The summed E-state index contributed by atoms with van der Waals surface area (Å²) in [6.07, 6.45) is 10.6. The molecule has 0 aromatic rings. The zero-order valence-corrected chi connectivity index (χ0v) is 12.0. The summed E-state index contributed by atoms with van der Waals surface area (Å²) in [5.41, 5.74) is 0.585. The van der Waals surface area contributed by atoms with Crippen LogP contribution in [0.5, 0.6) is 0 Å². The molecule has 0 saturated carbocycles. The molecule has 17 heavy (non-hydrogen) atoms. The Bertz CT molecular complexity index is 154. The van der Waals surface area contributed by atoms with Gasteiger partial charge >= 0.3 is 0 Å². The fourth-order valence-electron chi connectivity index (χ4n) is 2.64. The van der Waals surface area contributed by atoms with Gasteiger partial charge < -0.3 is 10.2 Å². The topological polar surface area (TPSA) is 40.5 Å². The van der Waals surface area contributed by atoms with Crippen LogP contribution >= 0.6 is 0 Å². The van der Waals surface area contributed by atoms with Crippen molar-refractivity contribution >= 4 is 0 Å². The van der Waals surface area contributed by atoms with Gasteiger partial charge in [0.15, 0.2) is 6.29 Å². The van der Waals surface area contributed by atoms with E-state index < -0.39 is 6.29 Å². The zero-order valence-electron chi connectivity index (χ0n) is 12.0. The molecule has 0 spiro atoms. The maximum absolute atomic E-state index is 8.71. The molecule has 0 saturated heterocycles. The quantitative estimate of drug-likeness (QED) is 0.421. The van der Waals surface area contributed by atoms with Crippen molar-refractivity contribution in [3.8, 4) is 0 Å². The summed E-state index contributed by atoms with van der Waals surface area (Å²) in [5, 5.41) is 17.4. The first kappa shape index (κ1) is 16.9. The fourth-order valence-corrected chi connectivity index (χ4v) is 2.64. The molecule has 0 aliphatic rings. The van der Waals surface area contributed by atoms with Gasteiger partial charge in [-0.2, -0.15) is 0 Å². The molecule has 0 aliphatic carbocycles. The summed E-state index contributed by atoms with van der Waals surface area (Å²) in [7, 11) is 0. The van der Waals surface area contributed by atoms with Gasteiger partial charge in [0.05, 0.1) is 0 Å². The number of aliphatic hydroxyl groups is 2. The van der Waals surface area contributed by atoms with Crippen LogP contribution in [0.15, 0.2) is 0 Å². The molecular weight excluding hydrogens is 212 g/mol. The minimum Gasteiger partial charge on any atom is -0.368 e. The molecule has 0 aromatic heterocycles. The lowest BCUT2D eigenvalue weighted by molar-refractivity contribution is -0.0466. The molecule has 0 radical (unpaired) electrons. The van der Waals surface area contributed by atoms with Crippen molar-refractivity contribution in [3.05, 3.63) is 0 Å². The molecule has 0 amide bonds. The van der Waals surface area contributed by atoms with Crippen LogP contribution in [0.2, 0.25) is 0 Å². The molecule has 2 heteroatoms. The maximum Gasteiger partial charge on any atom is 0.151 e. The molecule has 0 bridgehead atoms. The second kappa shape index (κ2) is 9.90. The molecular formula is C15H32O2. The Morgan fingerprint density at radius 1 is 0.765 bits per heavy atom. The minimum atomic E-state index is -1.11. The van der Waals surface area contributed by atoms with Crippen LogP contribution in [0, 0.1) is 5.41 Å². The molecule has 0 fully saturated rings. The summed E-state index contributed by atoms with van der Waals surface area (Å²) >= 11 is 0. The molecule has 0 unspecified atom stereocenters. The van der Waals surface area contributed by atoms with E-state index in [1.54, 1.807) is 0 Å². The van der Waals surface area contributed by atoms with E-state index in [0.29, 0.717) is 11.8 Å². The molecule has 0 atom stereocenters. The highest BCUT2D eigenvalue weighted by Crippen LogP contribution is 2.36. The van der Waals surface area contributed by atoms with Gasteiger partial charge in [-0.3, -0.25) is 0 Å². The third-order valence-corrected chi connectivity index (χ3v) is 4.42. The average molecular weight is 244 g/mol. The molecule has 0 aromatic carbocycles. The van der Waals surface area contributed by atoms with Gasteiger partial charge in [-0.15, -0.1) is 0 Å². The van der Waals surface area contributed by atoms with Crippen molar-refractivity contribution in [2.75, 3.05) is 0 Å². The van der Waals surface area contributed by atoms with E-state index in [1.807, 2.05) is 0 Å². The summed E-state index contributed by atoms with van der Waals surface area (Å²) in [5.74, 6) is 0. The van der Waals surface area contributed by atoms with Crippen LogP contribution in [0.3, 0.4) is 0 Å². The number of hydrogen-bond donors (Lipinski definition) is 2. The van der Waals surface area contributed by atoms with Crippen LogP contribution in [-0.4, -0.2) is 16.5 Å². The average Bonchev–Trinajstić information content (AvgIpc) is 2.33. The van der Waals surface area contributed by atoms with E-state index >= 15 is 0 Å². The van der Waals surface area contributed by atoms with E-state index in [1.165, 1.54) is 44.9 Å². The second-order valence-corrected chi connectivity index (χ2v) is 5.35. The first-order valence-corrected chi connectivity index (χ1v) is 7.46. The lowest BCUT2D eigenvalue weighted by Gasteiger charge is -2.30. The van der Waals surface area contributed by atoms with Crippen molar-refractivity contribution in [2.24, 2.45) is 5.41 Å². The van der Waals surface area contributed by atoms with Crippen molar-refractivity contribution < 1.29 is 10.2 Å². The van der Waals surface area contributed by atoms with Crippen LogP contribution < -0.4 is 0 Å². The lowest BCUT2D eigenvalue weighted by atomic mass is 9.75. The van der Waals surface area contributed by atoms with Gasteiger partial charge in [0.1, 0.15) is 0 Å². The number of unbranched alkanes of at least 4 members (excludes halogenated alkanes) is 4. The van der Waals surface area contributed by atoms with Gasteiger partial charge in [-0.25, -0.2) is 0 Å². The first-order valence-electron chi connectivity index (χ1n) is 7.46. The molecule has 104 valence electrons. The third kappa shape index (κ3) is 7.77. The Labute approximate surface area is 107 Å². The van der Waals surface area contributed by atoms with Crippen LogP contribution in [0.25, 0.3) is 0 Å². The maximum atomic E-state index is 8.71. The van der Waals surface area contributed by atoms with Crippen molar-refractivity contribution in [2.45, 2.75) is 91.3 Å². The minimum absolute atomic E-state index is 0.531. The predicted octanol–water partition coefficient (Wildman–Crippen LogP) is 4.24. The highest BCUT2D eigenvalue weighted by atomic mass is 16.5. The normalized spacial score (nSPS) is 12.4.